The lowest BCUT2D eigenvalue weighted by Gasteiger charge is -2.23. The first-order valence-corrected chi connectivity index (χ1v) is 10.4. The molecule has 0 N–H and O–H groups in total. The van der Waals surface area contributed by atoms with Crippen molar-refractivity contribution in [3.63, 3.8) is 0 Å². The summed E-state index contributed by atoms with van der Waals surface area (Å²) in [7, 11) is -3.23. The average Bonchev–Trinajstić information content (AvgIpc) is 2.78. The van der Waals surface area contributed by atoms with Gasteiger partial charge in [-0.2, -0.15) is 5.26 Å². The summed E-state index contributed by atoms with van der Waals surface area (Å²) in [6, 6.07) is 9.02. The summed E-state index contributed by atoms with van der Waals surface area (Å²) in [5.74, 6) is 0.722. The van der Waals surface area contributed by atoms with Crippen molar-refractivity contribution in [1.29, 1.82) is 5.26 Å². The fourth-order valence-electron chi connectivity index (χ4n) is 3.43. The zero-order valence-corrected chi connectivity index (χ0v) is 15.5. The Hall–Kier alpha value is -2.36. The van der Waals surface area contributed by atoms with Gasteiger partial charge in [0.1, 0.15) is 5.82 Å². The maximum atomic E-state index is 12.6. The summed E-state index contributed by atoms with van der Waals surface area (Å²) < 4.78 is 25.1. The lowest BCUT2D eigenvalue weighted by molar-refractivity contribution is 0.600. The van der Waals surface area contributed by atoms with E-state index in [1.165, 1.54) is 0 Å². The van der Waals surface area contributed by atoms with Gasteiger partial charge in [0.15, 0.2) is 9.84 Å². The molecule has 1 aliphatic carbocycles. The number of fused-ring (bicyclic) bond motifs is 1. The van der Waals surface area contributed by atoms with E-state index < -0.39 is 9.84 Å². The van der Waals surface area contributed by atoms with E-state index in [1.54, 1.807) is 24.3 Å². The molecule has 132 valence electrons. The molecule has 0 amide bonds. The van der Waals surface area contributed by atoms with Crippen molar-refractivity contribution in [2.45, 2.75) is 12.8 Å². The van der Waals surface area contributed by atoms with Crippen LogP contribution >= 0.6 is 11.6 Å². The first kappa shape index (κ1) is 17.1. The lowest BCUT2D eigenvalue weighted by atomic mass is 10.1. The van der Waals surface area contributed by atoms with Gasteiger partial charge in [0.05, 0.1) is 27.9 Å². The third-order valence-corrected chi connectivity index (χ3v) is 7.03. The highest BCUT2D eigenvalue weighted by atomic mass is 35.5. The summed E-state index contributed by atoms with van der Waals surface area (Å²) in [5, 5.41) is 10.3. The van der Waals surface area contributed by atoms with E-state index in [0.29, 0.717) is 46.3 Å². The molecule has 0 saturated heterocycles. The number of benzene rings is 1. The van der Waals surface area contributed by atoms with Crippen LogP contribution in [0.3, 0.4) is 0 Å². The van der Waals surface area contributed by atoms with Gasteiger partial charge < -0.3 is 4.90 Å². The van der Waals surface area contributed by atoms with Crippen LogP contribution in [0.1, 0.15) is 18.4 Å². The number of sulfone groups is 1. The average molecular weight is 386 g/mol. The molecule has 2 aliphatic rings. The van der Waals surface area contributed by atoms with E-state index >= 15 is 0 Å². The van der Waals surface area contributed by atoms with Crippen LogP contribution < -0.4 is 4.90 Å². The van der Waals surface area contributed by atoms with Crippen molar-refractivity contribution >= 4 is 38.2 Å². The zero-order valence-electron chi connectivity index (χ0n) is 13.9. The van der Waals surface area contributed by atoms with Gasteiger partial charge in [-0.25, -0.2) is 13.4 Å². The maximum absolute atomic E-state index is 12.6. The number of aromatic nitrogens is 1. The molecule has 1 aliphatic heterocycles. The van der Waals surface area contributed by atoms with Gasteiger partial charge in [-0.15, -0.1) is 0 Å². The molecule has 0 atom stereocenters. The minimum Gasteiger partial charge on any atom is -0.351 e. The van der Waals surface area contributed by atoms with Crippen LogP contribution in [-0.4, -0.2) is 32.2 Å². The number of rotatable bonds is 1. The smallest absolute Gasteiger partial charge is 0.176 e. The predicted molar refractivity (Wildman–Crippen MR) is 103 cm³/mol. The third kappa shape index (κ3) is 2.98. The quantitative estimate of drug-likeness (QED) is 0.749. The molecule has 0 unspecified atom stereocenters. The molecule has 7 heteroatoms. The van der Waals surface area contributed by atoms with Gasteiger partial charge in [-0.3, -0.25) is 0 Å². The number of nitriles is 1. The maximum Gasteiger partial charge on any atom is 0.176 e. The van der Waals surface area contributed by atoms with E-state index in [9.17, 15) is 8.42 Å². The Morgan fingerprint density at radius 2 is 2.12 bits per heavy atom. The first-order valence-electron chi connectivity index (χ1n) is 8.34. The van der Waals surface area contributed by atoms with Crippen molar-refractivity contribution in [3.8, 4) is 6.07 Å². The largest absolute Gasteiger partial charge is 0.351 e. The van der Waals surface area contributed by atoms with Crippen molar-refractivity contribution in [3.05, 3.63) is 57.5 Å². The molecule has 4 rings (SSSR count). The molecule has 0 radical (unpaired) electrons. The molecular weight excluding hydrogens is 370 g/mol. The molecule has 0 spiro atoms. The van der Waals surface area contributed by atoms with Crippen LogP contribution in [0.5, 0.6) is 0 Å². The molecule has 1 aromatic heterocycles. The summed E-state index contributed by atoms with van der Waals surface area (Å²) in [4.78, 5) is 7.17. The van der Waals surface area contributed by atoms with Crippen LogP contribution in [0.4, 0.5) is 5.82 Å². The Kier molecular flexibility index (Phi) is 4.22. The Labute approximate surface area is 157 Å². The Balaban J connectivity index is 1.77. The summed E-state index contributed by atoms with van der Waals surface area (Å²) in [6.45, 7) is 0.866. The standard InChI is InChI=1S/C19H16ClN3O2S/c20-16-10-19(22-17-6-5-13(11-21)9-15(16)17)23-7-8-26(24,25)18-4-2-1-3-14(18)12-23/h1,3,5-6,9-10H,2,4,7-8,12H2. The number of hydrogen-bond acceptors (Lipinski definition) is 5. The first-order chi connectivity index (χ1) is 12.5. The van der Waals surface area contributed by atoms with Gasteiger partial charge in [0, 0.05) is 23.4 Å². The molecule has 0 fully saturated rings. The van der Waals surface area contributed by atoms with Gasteiger partial charge in [0.2, 0.25) is 0 Å². The Morgan fingerprint density at radius 1 is 1.27 bits per heavy atom. The number of nitrogens with zero attached hydrogens (tertiary/aromatic N) is 3. The second-order valence-electron chi connectivity index (χ2n) is 6.44. The topological polar surface area (TPSA) is 74.1 Å². The number of anilines is 1. The van der Waals surface area contributed by atoms with E-state index in [0.717, 1.165) is 17.4 Å². The molecule has 2 aromatic rings. The minimum atomic E-state index is -3.23. The second-order valence-corrected chi connectivity index (χ2v) is 8.97. The van der Waals surface area contributed by atoms with E-state index in [-0.39, 0.29) is 5.75 Å². The number of pyridine rings is 1. The van der Waals surface area contributed by atoms with Crippen LogP contribution in [0.15, 0.2) is 46.9 Å². The molecule has 0 saturated carbocycles. The SMILES string of the molecule is N#Cc1ccc2nc(N3CCS(=O)(=O)C4=C(C=CCC4)C3)cc(Cl)c2c1. The fraction of sp³-hybridized carbons (Fsp3) is 0.263. The highest BCUT2D eigenvalue weighted by Gasteiger charge is 2.28. The molecular formula is C19H16ClN3O2S. The third-order valence-electron chi connectivity index (χ3n) is 4.78. The van der Waals surface area contributed by atoms with E-state index in [2.05, 4.69) is 11.1 Å². The normalized spacial score (nSPS) is 19.2. The van der Waals surface area contributed by atoms with Crippen LogP contribution in [0.25, 0.3) is 10.9 Å². The predicted octanol–water partition coefficient (Wildman–Crippen LogP) is 3.60. The Bertz CT molecular complexity index is 1110. The molecule has 1 aromatic carbocycles. The van der Waals surface area contributed by atoms with Crippen molar-refractivity contribution in [2.24, 2.45) is 0 Å². The van der Waals surface area contributed by atoms with Crippen LogP contribution in [0.2, 0.25) is 5.02 Å². The summed E-state index contributed by atoms with van der Waals surface area (Å²) in [5.41, 5.74) is 2.05. The van der Waals surface area contributed by atoms with Gasteiger partial charge in [-0.1, -0.05) is 23.8 Å². The highest BCUT2D eigenvalue weighted by Crippen LogP contribution is 2.32. The van der Waals surface area contributed by atoms with Crippen LogP contribution in [0, 0.1) is 11.3 Å². The van der Waals surface area contributed by atoms with E-state index in [4.69, 9.17) is 16.9 Å². The number of allylic oxidation sites excluding steroid dienone is 2. The molecule has 26 heavy (non-hydrogen) atoms. The number of halogens is 1. The zero-order chi connectivity index (χ0) is 18.3. The fourth-order valence-corrected chi connectivity index (χ4v) is 5.34. The summed E-state index contributed by atoms with van der Waals surface area (Å²) >= 11 is 6.42. The van der Waals surface area contributed by atoms with Crippen molar-refractivity contribution in [1.82, 2.24) is 4.98 Å². The van der Waals surface area contributed by atoms with Gasteiger partial charge in [0.25, 0.3) is 0 Å². The Morgan fingerprint density at radius 3 is 2.92 bits per heavy atom. The molecule has 0 bridgehead atoms. The molecule has 5 nitrogen and oxygen atoms in total. The number of hydrogen-bond donors (Lipinski definition) is 0. The van der Waals surface area contributed by atoms with Crippen LogP contribution in [-0.2, 0) is 9.84 Å². The van der Waals surface area contributed by atoms with Crippen molar-refractivity contribution in [2.75, 3.05) is 23.7 Å². The monoisotopic (exact) mass is 385 g/mol. The second kappa shape index (κ2) is 6.42. The molecule has 2 heterocycles. The van der Waals surface area contributed by atoms with Gasteiger partial charge >= 0.3 is 0 Å². The minimum absolute atomic E-state index is 0.0738. The lowest BCUT2D eigenvalue weighted by Crippen LogP contribution is -2.28. The van der Waals surface area contributed by atoms with E-state index in [1.807, 2.05) is 17.1 Å². The highest BCUT2D eigenvalue weighted by molar-refractivity contribution is 7.95. The van der Waals surface area contributed by atoms with Crippen molar-refractivity contribution < 1.29 is 8.42 Å². The summed E-state index contributed by atoms with van der Waals surface area (Å²) in [6.07, 6.45) is 5.27. The van der Waals surface area contributed by atoms with Gasteiger partial charge in [-0.05, 0) is 42.7 Å².